The average molecular weight is 485 g/mol. The van der Waals surface area contributed by atoms with Gasteiger partial charge in [0.1, 0.15) is 6.10 Å². The number of carbonyl (C=O) groups excluding carboxylic acids is 1. The lowest BCUT2D eigenvalue weighted by Gasteiger charge is -2.33. The van der Waals surface area contributed by atoms with Crippen molar-refractivity contribution in [3.05, 3.63) is 94.0 Å². The largest absolute Gasteiger partial charge is 0.370 e. The number of rotatable bonds is 5. The summed E-state index contributed by atoms with van der Waals surface area (Å²) in [6, 6.07) is 19.3. The predicted molar refractivity (Wildman–Crippen MR) is 129 cm³/mol. The van der Waals surface area contributed by atoms with Gasteiger partial charge in [-0.1, -0.05) is 48.0 Å². The smallest absolute Gasteiger partial charge is 0.262 e. The summed E-state index contributed by atoms with van der Waals surface area (Å²) in [5.41, 5.74) is 2.95. The number of carbonyl (C=O) groups is 1. The zero-order chi connectivity index (χ0) is 23.6. The van der Waals surface area contributed by atoms with E-state index in [0.717, 1.165) is 11.1 Å². The van der Waals surface area contributed by atoms with E-state index in [9.17, 15) is 13.2 Å². The van der Waals surface area contributed by atoms with Crippen LogP contribution in [-0.2, 0) is 14.8 Å². The van der Waals surface area contributed by atoms with E-state index in [1.807, 2.05) is 25.1 Å². The zero-order valence-electron chi connectivity index (χ0n) is 18.4. The maximum atomic E-state index is 13.4. The Labute approximate surface area is 199 Å². The highest BCUT2D eigenvalue weighted by Crippen LogP contribution is 2.28. The van der Waals surface area contributed by atoms with Crippen LogP contribution < -0.4 is 4.72 Å². The van der Waals surface area contributed by atoms with E-state index in [0.29, 0.717) is 35.8 Å². The molecule has 1 heterocycles. The molecule has 0 bridgehead atoms. The van der Waals surface area contributed by atoms with E-state index in [1.165, 1.54) is 0 Å². The molecule has 6 nitrogen and oxygen atoms in total. The van der Waals surface area contributed by atoms with Crippen molar-refractivity contribution in [1.29, 1.82) is 0 Å². The Bertz CT molecular complexity index is 1280. The summed E-state index contributed by atoms with van der Waals surface area (Å²) in [6.45, 7) is 4.75. The molecule has 4 rings (SSSR count). The summed E-state index contributed by atoms with van der Waals surface area (Å²) < 4.78 is 34.7. The van der Waals surface area contributed by atoms with Gasteiger partial charge in [0.25, 0.3) is 15.9 Å². The second-order valence-corrected chi connectivity index (χ2v) is 10.2. The number of hydrogen-bond acceptors (Lipinski definition) is 4. The quantitative estimate of drug-likeness (QED) is 0.554. The number of aryl methyl sites for hydroxylation is 2. The van der Waals surface area contributed by atoms with Crippen LogP contribution in [0, 0.1) is 13.8 Å². The molecule has 3 aromatic rings. The van der Waals surface area contributed by atoms with Crippen molar-refractivity contribution in [3.8, 4) is 0 Å². The molecule has 0 spiro atoms. The van der Waals surface area contributed by atoms with Crippen LogP contribution in [-0.4, -0.2) is 38.9 Å². The highest BCUT2D eigenvalue weighted by atomic mass is 35.5. The minimum Gasteiger partial charge on any atom is -0.370 e. The molecule has 0 radical (unpaired) electrons. The third-order valence-corrected chi connectivity index (χ3v) is 7.39. The Hall–Kier alpha value is -2.87. The first-order valence-electron chi connectivity index (χ1n) is 10.6. The second kappa shape index (κ2) is 9.55. The molecule has 8 heteroatoms. The number of ether oxygens (including phenoxy) is 1. The van der Waals surface area contributed by atoms with Crippen LogP contribution in [0.25, 0.3) is 0 Å². The van der Waals surface area contributed by atoms with Crippen LogP contribution in [0.2, 0.25) is 5.02 Å². The number of anilines is 1. The molecule has 1 unspecified atom stereocenters. The maximum Gasteiger partial charge on any atom is 0.262 e. The van der Waals surface area contributed by atoms with Crippen molar-refractivity contribution < 1.29 is 17.9 Å². The van der Waals surface area contributed by atoms with Crippen LogP contribution in [0.1, 0.15) is 33.2 Å². The zero-order valence-corrected chi connectivity index (χ0v) is 20.0. The van der Waals surface area contributed by atoms with Crippen molar-refractivity contribution in [1.82, 2.24) is 4.90 Å². The topological polar surface area (TPSA) is 75.7 Å². The molecule has 1 aliphatic heterocycles. The van der Waals surface area contributed by atoms with Gasteiger partial charge in [0.2, 0.25) is 0 Å². The Balaban J connectivity index is 1.58. The van der Waals surface area contributed by atoms with E-state index < -0.39 is 10.0 Å². The summed E-state index contributed by atoms with van der Waals surface area (Å²) in [5.74, 6) is -0.253. The molecule has 0 aliphatic carbocycles. The first-order valence-corrected chi connectivity index (χ1v) is 12.5. The van der Waals surface area contributed by atoms with Gasteiger partial charge in [-0.05, 0) is 60.9 Å². The fourth-order valence-corrected chi connectivity index (χ4v) is 5.37. The molecule has 1 fully saturated rings. The first kappa shape index (κ1) is 23.3. The van der Waals surface area contributed by atoms with Gasteiger partial charge in [-0.25, -0.2) is 8.42 Å². The Kier molecular flexibility index (Phi) is 6.74. The maximum absolute atomic E-state index is 13.4. The van der Waals surface area contributed by atoms with E-state index in [4.69, 9.17) is 16.3 Å². The van der Waals surface area contributed by atoms with Gasteiger partial charge in [0.05, 0.1) is 29.3 Å². The van der Waals surface area contributed by atoms with Gasteiger partial charge in [0, 0.05) is 11.6 Å². The number of para-hydroxylation sites is 1. The molecule has 1 N–H and O–H groups in total. The minimum absolute atomic E-state index is 0.193. The second-order valence-electron chi connectivity index (χ2n) is 8.08. The number of nitrogens with one attached hydrogen (secondary N) is 1. The molecule has 1 amide bonds. The average Bonchev–Trinajstić information content (AvgIpc) is 2.81. The van der Waals surface area contributed by atoms with Gasteiger partial charge >= 0.3 is 0 Å². The van der Waals surface area contributed by atoms with Gasteiger partial charge in [0.15, 0.2) is 0 Å². The molecule has 0 aromatic heterocycles. The van der Waals surface area contributed by atoms with Gasteiger partial charge in [-0.2, -0.15) is 0 Å². The Morgan fingerprint density at radius 1 is 1.06 bits per heavy atom. The monoisotopic (exact) mass is 484 g/mol. The van der Waals surface area contributed by atoms with Crippen LogP contribution in [0.5, 0.6) is 0 Å². The summed E-state index contributed by atoms with van der Waals surface area (Å²) in [7, 11) is -3.87. The number of morpholine rings is 1. The minimum atomic E-state index is -3.87. The molecular formula is C25H25ClN2O4S. The lowest BCUT2D eigenvalue weighted by atomic mass is 10.1. The van der Waals surface area contributed by atoms with Crippen LogP contribution in [0.3, 0.4) is 0 Å². The van der Waals surface area contributed by atoms with E-state index in [-0.39, 0.29) is 22.6 Å². The molecule has 3 aromatic carbocycles. The number of nitrogens with zero attached hydrogens (tertiary/aromatic N) is 1. The van der Waals surface area contributed by atoms with Crippen molar-refractivity contribution in [2.24, 2.45) is 0 Å². The number of benzene rings is 3. The lowest BCUT2D eigenvalue weighted by Crippen LogP contribution is -2.42. The highest BCUT2D eigenvalue weighted by molar-refractivity contribution is 7.92. The standard InChI is InChI=1S/C25H25ClN2O4S/c1-17-7-8-18(2)24(15-17)33(30,31)27-22-6-4-3-5-21(22)25(29)28-13-14-32-23(16-28)19-9-11-20(26)12-10-19/h3-12,15,23,27H,13-14,16H2,1-2H3. The fourth-order valence-electron chi connectivity index (χ4n) is 3.84. The third-order valence-electron chi connectivity index (χ3n) is 5.63. The molecule has 172 valence electrons. The number of halogens is 1. The molecule has 1 saturated heterocycles. The molecule has 1 atom stereocenters. The summed E-state index contributed by atoms with van der Waals surface area (Å²) >= 11 is 5.98. The SMILES string of the molecule is Cc1ccc(C)c(S(=O)(=O)Nc2ccccc2C(=O)N2CCOC(c3ccc(Cl)cc3)C2)c1. The number of amides is 1. The van der Waals surface area contributed by atoms with E-state index in [1.54, 1.807) is 60.4 Å². The van der Waals surface area contributed by atoms with Crippen molar-refractivity contribution >= 4 is 33.2 Å². The van der Waals surface area contributed by atoms with Crippen molar-refractivity contribution in [2.45, 2.75) is 24.8 Å². The third kappa shape index (κ3) is 5.21. The van der Waals surface area contributed by atoms with Gasteiger partial charge in [-0.3, -0.25) is 9.52 Å². The molecule has 1 aliphatic rings. The Morgan fingerprint density at radius 2 is 1.79 bits per heavy atom. The fraction of sp³-hybridized carbons (Fsp3) is 0.240. The van der Waals surface area contributed by atoms with E-state index >= 15 is 0 Å². The predicted octanol–water partition coefficient (Wildman–Crippen LogP) is 4.97. The summed E-state index contributed by atoms with van der Waals surface area (Å²) in [5, 5.41) is 0.632. The van der Waals surface area contributed by atoms with Crippen molar-refractivity contribution in [3.63, 3.8) is 0 Å². The Morgan fingerprint density at radius 3 is 2.55 bits per heavy atom. The van der Waals surface area contributed by atoms with Gasteiger partial charge < -0.3 is 9.64 Å². The highest BCUT2D eigenvalue weighted by Gasteiger charge is 2.28. The number of hydrogen-bond donors (Lipinski definition) is 1. The summed E-state index contributed by atoms with van der Waals surface area (Å²) in [6.07, 6.45) is -0.279. The van der Waals surface area contributed by atoms with Crippen molar-refractivity contribution in [2.75, 3.05) is 24.4 Å². The lowest BCUT2D eigenvalue weighted by molar-refractivity contribution is -0.0227. The van der Waals surface area contributed by atoms with Crippen LogP contribution >= 0.6 is 11.6 Å². The molecular weight excluding hydrogens is 460 g/mol. The molecule has 0 saturated carbocycles. The van der Waals surface area contributed by atoms with Gasteiger partial charge in [-0.15, -0.1) is 0 Å². The van der Waals surface area contributed by atoms with Crippen LogP contribution in [0.15, 0.2) is 71.6 Å². The number of sulfonamides is 1. The first-order chi connectivity index (χ1) is 15.7. The van der Waals surface area contributed by atoms with E-state index in [2.05, 4.69) is 4.72 Å². The molecule has 33 heavy (non-hydrogen) atoms. The summed E-state index contributed by atoms with van der Waals surface area (Å²) in [4.78, 5) is 15.3. The van der Waals surface area contributed by atoms with Crippen LogP contribution in [0.4, 0.5) is 5.69 Å². The normalized spacial score (nSPS) is 16.5.